The van der Waals surface area contributed by atoms with Gasteiger partial charge in [-0.3, -0.25) is 9.69 Å². The van der Waals surface area contributed by atoms with Gasteiger partial charge in [-0.1, -0.05) is 31.4 Å². The summed E-state index contributed by atoms with van der Waals surface area (Å²) >= 11 is 5.36. The Bertz CT molecular complexity index is 604. The zero-order chi connectivity index (χ0) is 15.5. The van der Waals surface area contributed by atoms with E-state index in [4.69, 9.17) is 17.0 Å². The lowest BCUT2D eigenvalue weighted by Gasteiger charge is -2.29. The smallest absolute Gasteiger partial charge is 0.276 e. The first-order valence-corrected chi connectivity index (χ1v) is 8.10. The molecule has 1 heterocycles. The van der Waals surface area contributed by atoms with Crippen molar-refractivity contribution >= 4 is 29.3 Å². The molecule has 1 amide bonds. The molecule has 1 saturated carbocycles. The number of benzene rings is 1. The van der Waals surface area contributed by atoms with Crippen LogP contribution in [0.1, 0.15) is 37.7 Å². The fourth-order valence-electron chi connectivity index (χ4n) is 3.09. The van der Waals surface area contributed by atoms with Crippen molar-refractivity contribution in [2.45, 2.75) is 38.1 Å². The van der Waals surface area contributed by atoms with Crippen LogP contribution < -0.4 is 10.1 Å². The van der Waals surface area contributed by atoms with Crippen LogP contribution in [0.4, 0.5) is 0 Å². The second kappa shape index (κ2) is 6.48. The highest BCUT2D eigenvalue weighted by atomic mass is 32.1. The molecule has 2 aliphatic rings. The predicted octanol–water partition coefficient (Wildman–Crippen LogP) is 3.09. The minimum atomic E-state index is -0.00674. The second-order valence-electron chi connectivity index (χ2n) is 5.73. The lowest BCUT2D eigenvalue weighted by atomic mass is 9.94. The van der Waals surface area contributed by atoms with E-state index in [2.05, 4.69) is 5.32 Å². The molecule has 0 radical (unpaired) electrons. The Hall–Kier alpha value is -1.88. The number of carbonyl (C=O) groups excluding carboxylic acids is 1. The fourth-order valence-corrected chi connectivity index (χ4v) is 3.43. The molecule has 1 saturated heterocycles. The Morgan fingerprint density at radius 1 is 1.23 bits per heavy atom. The summed E-state index contributed by atoms with van der Waals surface area (Å²) < 4.78 is 5.14. The molecule has 3 rings (SSSR count). The Kier molecular flexibility index (Phi) is 4.43. The van der Waals surface area contributed by atoms with Crippen LogP contribution in [0, 0.1) is 0 Å². The van der Waals surface area contributed by atoms with E-state index in [1.165, 1.54) is 19.3 Å². The summed E-state index contributed by atoms with van der Waals surface area (Å²) in [5.74, 6) is 0.792. The van der Waals surface area contributed by atoms with Gasteiger partial charge in [-0.15, -0.1) is 0 Å². The average molecular weight is 316 g/mol. The summed E-state index contributed by atoms with van der Waals surface area (Å²) in [7, 11) is 1.63. The molecule has 1 aromatic rings. The molecule has 0 aromatic heterocycles. The van der Waals surface area contributed by atoms with Crippen molar-refractivity contribution in [2.75, 3.05) is 7.11 Å². The van der Waals surface area contributed by atoms with Crippen LogP contribution in [-0.2, 0) is 4.79 Å². The first-order chi connectivity index (χ1) is 10.7. The molecule has 0 spiro atoms. The Labute approximate surface area is 136 Å². The van der Waals surface area contributed by atoms with Gasteiger partial charge in [0.1, 0.15) is 11.4 Å². The lowest BCUT2D eigenvalue weighted by Crippen LogP contribution is -2.41. The van der Waals surface area contributed by atoms with E-state index < -0.39 is 0 Å². The van der Waals surface area contributed by atoms with Gasteiger partial charge in [-0.2, -0.15) is 0 Å². The van der Waals surface area contributed by atoms with Crippen molar-refractivity contribution in [3.8, 4) is 5.75 Å². The van der Waals surface area contributed by atoms with Gasteiger partial charge in [0.05, 0.1) is 7.11 Å². The third-order valence-electron chi connectivity index (χ3n) is 4.28. The van der Waals surface area contributed by atoms with Gasteiger partial charge in [0.2, 0.25) is 0 Å². The molecule has 1 aromatic carbocycles. The number of methoxy groups -OCH3 is 1. The average Bonchev–Trinajstić information content (AvgIpc) is 2.83. The van der Waals surface area contributed by atoms with Crippen molar-refractivity contribution in [2.24, 2.45) is 0 Å². The maximum atomic E-state index is 12.6. The largest absolute Gasteiger partial charge is 0.497 e. The third-order valence-corrected chi connectivity index (χ3v) is 4.58. The monoisotopic (exact) mass is 316 g/mol. The van der Waals surface area contributed by atoms with E-state index in [0.717, 1.165) is 24.2 Å². The molecule has 116 valence electrons. The van der Waals surface area contributed by atoms with Crippen LogP contribution in [0.25, 0.3) is 6.08 Å². The predicted molar refractivity (Wildman–Crippen MR) is 90.4 cm³/mol. The van der Waals surface area contributed by atoms with Crippen LogP contribution >= 0.6 is 12.2 Å². The third kappa shape index (κ3) is 2.99. The quantitative estimate of drug-likeness (QED) is 0.687. The number of thiocarbonyl (C=S) groups is 1. The molecule has 4 nitrogen and oxygen atoms in total. The van der Waals surface area contributed by atoms with Gasteiger partial charge in [0.25, 0.3) is 5.91 Å². The van der Waals surface area contributed by atoms with Crippen LogP contribution in [0.15, 0.2) is 30.0 Å². The minimum absolute atomic E-state index is 0.00674. The van der Waals surface area contributed by atoms with Crippen LogP contribution in [0.2, 0.25) is 0 Å². The fraction of sp³-hybridized carbons (Fsp3) is 0.412. The molecule has 2 fully saturated rings. The molecular weight excluding hydrogens is 296 g/mol. The normalized spacial score (nSPS) is 21.3. The van der Waals surface area contributed by atoms with Crippen LogP contribution in [0.3, 0.4) is 0 Å². The highest BCUT2D eigenvalue weighted by molar-refractivity contribution is 7.80. The molecule has 1 aliphatic carbocycles. The maximum Gasteiger partial charge on any atom is 0.276 e. The summed E-state index contributed by atoms with van der Waals surface area (Å²) in [6, 6.07) is 7.86. The summed E-state index contributed by atoms with van der Waals surface area (Å²) in [6.07, 6.45) is 7.54. The summed E-state index contributed by atoms with van der Waals surface area (Å²) in [5.41, 5.74) is 1.51. The molecule has 0 atom stereocenters. The second-order valence-corrected chi connectivity index (χ2v) is 6.12. The Balaban J connectivity index is 1.78. The zero-order valence-corrected chi connectivity index (χ0v) is 13.5. The number of carbonyl (C=O) groups is 1. The molecule has 22 heavy (non-hydrogen) atoms. The van der Waals surface area contributed by atoms with Crippen molar-refractivity contribution in [1.29, 1.82) is 0 Å². The Morgan fingerprint density at radius 3 is 2.55 bits per heavy atom. The molecule has 0 unspecified atom stereocenters. The molecule has 1 aliphatic heterocycles. The first-order valence-electron chi connectivity index (χ1n) is 7.69. The van der Waals surface area contributed by atoms with E-state index in [1.54, 1.807) is 12.0 Å². The van der Waals surface area contributed by atoms with E-state index in [-0.39, 0.29) is 11.9 Å². The number of nitrogens with one attached hydrogen (secondary N) is 1. The van der Waals surface area contributed by atoms with E-state index in [0.29, 0.717) is 10.8 Å². The highest BCUT2D eigenvalue weighted by Gasteiger charge is 2.36. The SMILES string of the molecule is COc1ccc(/C=C2\NC(=S)N(C3CCCCC3)C2=O)cc1. The summed E-state index contributed by atoms with van der Waals surface area (Å²) in [4.78, 5) is 14.4. The van der Waals surface area contributed by atoms with Gasteiger partial charge < -0.3 is 10.1 Å². The maximum absolute atomic E-state index is 12.6. The van der Waals surface area contributed by atoms with Gasteiger partial charge in [0, 0.05) is 6.04 Å². The topological polar surface area (TPSA) is 41.6 Å². The van der Waals surface area contributed by atoms with Crippen molar-refractivity contribution < 1.29 is 9.53 Å². The van der Waals surface area contributed by atoms with E-state index in [1.807, 2.05) is 30.3 Å². The van der Waals surface area contributed by atoms with Crippen molar-refractivity contribution in [3.63, 3.8) is 0 Å². The zero-order valence-electron chi connectivity index (χ0n) is 12.7. The van der Waals surface area contributed by atoms with Crippen molar-refractivity contribution in [3.05, 3.63) is 35.5 Å². The van der Waals surface area contributed by atoms with Crippen LogP contribution in [-0.4, -0.2) is 29.1 Å². The van der Waals surface area contributed by atoms with Crippen molar-refractivity contribution in [1.82, 2.24) is 10.2 Å². The lowest BCUT2D eigenvalue weighted by molar-refractivity contribution is -0.124. The molecule has 5 heteroatoms. The molecule has 0 bridgehead atoms. The van der Waals surface area contributed by atoms with Gasteiger partial charge in [-0.05, 0) is 48.8 Å². The number of nitrogens with zero attached hydrogens (tertiary/aromatic N) is 1. The summed E-state index contributed by atoms with van der Waals surface area (Å²) in [5, 5.41) is 3.60. The van der Waals surface area contributed by atoms with Gasteiger partial charge >= 0.3 is 0 Å². The highest BCUT2D eigenvalue weighted by Crippen LogP contribution is 2.27. The standard InChI is InChI=1S/C17H20N2O2S/c1-21-14-9-7-12(8-10-14)11-15-16(20)19(17(22)18-15)13-5-3-2-4-6-13/h7-11,13H,2-6H2,1H3,(H,18,22)/b15-11-. The number of amides is 1. The molecular formula is C17H20N2O2S. The summed E-state index contributed by atoms with van der Waals surface area (Å²) in [6.45, 7) is 0. The van der Waals surface area contributed by atoms with Crippen LogP contribution in [0.5, 0.6) is 5.75 Å². The number of rotatable bonds is 3. The number of hydrogen-bond acceptors (Lipinski definition) is 3. The minimum Gasteiger partial charge on any atom is -0.497 e. The van der Waals surface area contributed by atoms with Gasteiger partial charge in [0.15, 0.2) is 5.11 Å². The van der Waals surface area contributed by atoms with E-state index in [9.17, 15) is 4.79 Å². The number of ether oxygens (including phenoxy) is 1. The van der Waals surface area contributed by atoms with Gasteiger partial charge in [-0.25, -0.2) is 0 Å². The first kappa shape index (κ1) is 15.0. The van der Waals surface area contributed by atoms with E-state index >= 15 is 0 Å². The Morgan fingerprint density at radius 2 is 1.91 bits per heavy atom. The number of hydrogen-bond donors (Lipinski definition) is 1. The molecule has 1 N–H and O–H groups in total.